The second kappa shape index (κ2) is 5.41. The minimum absolute atomic E-state index is 0.177. The molecule has 0 aliphatic heterocycles. The number of pyridine rings is 1. The zero-order valence-corrected chi connectivity index (χ0v) is 11.2. The highest BCUT2D eigenvalue weighted by molar-refractivity contribution is 5.89. The molecule has 0 aliphatic rings. The van der Waals surface area contributed by atoms with Gasteiger partial charge in [0.1, 0.15) is 0 Å². The normalized spacial score (nSPS) is 9.85. The van der Waals surface area contributed by atoms with Gasteiger partial charge in [-0.05, 0) is 29.8 Å². The van der Waals surface area contributed by atoms with Crippen molar-refractivity contribution in [2.75, 3.05) is 19.0 Å². The van der Waals surface area contributed by atoms with Gasteiger partial charge in [-0.25, -0.2) is 9.64 Å². The van der Waals surface area contributed by atoms with Gasteiger partial charge < -0.3 is 10.0 Å². The molecule has 0 saturated carbocycles. The third-order valence-corrected chi connectivity index (χ3v) is 2.88. The standard InChI is InChI=1S/C15H13N3O2/c1-16-13-8-10(4-5-14(13)18(2)3)12-9-11(15(19)20)6-7-17-12/h4-9H,2-3H3,(H,19,20). The first kappa shape index (κ1) is 13.6. The molecule has 0 fully saturated rings. The zero-order chi connectivity index (χ0) is 14.7. The van der Waals surface area contributed by atoms with Gasteiger partial charge in [0.25, 0.3) is 0 Å². The van der Waals surface area contributed by atoms with E-state index in [2.05, 4.69) is 9.83 Å². The molecule has 1 aromatic heterocycles. The maximum absolute atomic E-state index is 11.0. The molecule has 1 aromatic carbocycles. The summed E-state index contributed by atoms with van der Waals surface area (Å²) >= 11 is 0. The number of benzene rings is 1. The van der Waals surface area contributed by atoms with Crippen LogP contribution in [0.2, 0.25) is 0 Å². The van der Waals surface area contributed by atoms with Crippen LogP contribution in [0, 0.1) is 6.57 Å². The summed E-state index contributed by atoms with van der Waals surface area (Å²) in [5, 5.41) is 8.99. The lowest BCUT2D eigenvalue weighted by Gasteiger charge is -2.15. The SMILES string of the molecule is [C-]#[N+]c1cc(-c2cc(C(=O)O)ccn2)ccc1N(C)C. The fraction of sp³-hybridized carbons (Fsp3) is 0.133. The summed E-state index contributed by atoms with van der Waals surface area (Å²) in [6.07, 6.45) is 1.45. The average molecular weight is 267 g/mol. The van der Waals surface area contributed by atoms with Crippen LogP contribution >= 0.6 is 0 Å². The van der Waals surface area contributed by atoms with Crippen LogP contribution in [-0.4, -0.2) is 30.2 Å². The maximum Gasteiger partial charge on any atom is 0.335 e. The van der Waals surface area contributed by atoms with E-state index in [1.54, 1.807) is 6.07 Å². The molecule has 0 radical (unpaired) electrons. The van der Waals surface area contributed by atoms with Crippen molar-refractivity contribution < 1.29 is 9.90 Å². The molecule has 1 N–H and O–H groups in total. The van der Waals surface area contributed by atoms with Crippen LogP contribution in [0.1, 0.15) is 10.4 Å². The predicted octanol–water partition coefficient (Wildman–Crippen LogP) is 3.06. The van der Waals surface area contributed by atoms with E-state index in [4.69, 9.17) is 11.7 Å². The molecule has 5 heteroatoms. The highest BCUT2D eigenvalue weighted by atomic mass is 16.4. The fourth-order valence-corrected chi connectivity index (χ4v) is 1.87. The molecule has 2 rings (SSSR count). The molecular weight excluding hydrogens is 254 g/mol. The van der Waals surface area contributed by atoms with Gasteiger partial charge >= 0.3 is 5.97 Å². The number of anilines is 1. The van der Waals surface area contributed by atoms with Crippen molar-refractivity contribution in [3.05, 3.63) is 53.5 Å². The molecule has 0 unspecified atom stereocenters. The van der Waals surface area contributed by atoms with Gasteiger partial charge in [-0.3, -0.25) is 4.98 Å². The van der Waals surface area contributed by atoms with Crippen LogP contribution in [0.25, 0.3) is 16.1 Å². The van der Waals surface area contributed by atoms with Crippen LogP contribution < -0.4 is 4.90 Å². The van der Waals surface area contributed by atoms with Crippen molar-refractivity contribution in [3.8, 4) is 11.3 Å². The van der Waals surface area contributed by atoms with Crippen molar-refractivity contribution in [2.45, 2.75) is 0 Å². The predicted molar refractivity (Wildman–Crippen MR) is 77.2 cm³/mol. The lowest BCUT2D eigenvalue weighted by Crippen LogP contribution is -2.08. The number of rotatable bonds is 3. The van der Waals surface area contributed by atoms with E-state index in [0.717, 1.165) is 11.3 Å². The molecule has 20 heavy (non-hydrogen) atoms. The van der Waals surface area contributed by atoms with Gasteiger partial charge in [-0.1, -0.05) is 6.07 Å². The van der Waals surface area contributed by atoms with Crippen molar-refractivity contribution in [1.29, 1.82) is 0 Å². The Morgan fingerprint density at radius 1 is 1.30 bits per heavy atom. The van der Waals surface area contributed by atoms with E-state index >= 15 is 0 Å². The second-order valence-corrected chi connectivity index (χ2v) is 4.44. The number of carbonyl (C=O) groups is 1. The highest BCUT2D eigenvalue weighted by Gasteiger charge is 2.10. The van der Waals surface area contributed by atoms with E-state index in [1.165, 1.54) is 18.3 Å². The monoisotopic (exact) mass is 267 g/mol. The quantitative estimate of drug-likeness (QED) is 0.868. The number of hydrogen-bond donors (Lipinski definition) is 1. The van der Waals surface area contributed by atoms with Crippen LogP contribution in [0.15, 0.2) is 36.5 Å². The molecule has 0 spiro atoms. The number of nitrogens with zero attached hydrogens (tertiary/aromatic N) is 3. The topological polar surface area (TPSA) is 57.8 Å². The molecule has 1 heterocycles. The summed E-state index contributed by atoms with van der Waals surface area (Å²) in [5.74, 6) is -0.996. The Morgan fingerprint density at radius 3 is 2.65 bits per heavy atom. The van der Waals surface area contributed by atoms with E-state index in [1.807, 2.05) is 31.1 Å². The minimum Gasteiger partial charge on any atom is -0.478 e. The number of hydrogen-bond acceptors (Lipinski definition) is 3. The molecule has 0 saturated heterocycles. The molecular formula is C15H13N3O2. The third-order valence-electron chi connectivity index (χ3n) is 2.88. The molecule has 5 nitrogen and oxygen atoms in total. The van der Waals surface area contributed by atoms with Gasteiger partial charge in [0.05, 0.1) is 17.8 Å². The van der Waals surface area contributed by atoms with Gasteiger partial charge in [0.15, 0.2) is 0 Å². The van der Waals surface area contributed by atoms with Crippen molar-refractivity contribution in [1.82, 2.24) is 4.98 Å². The first-order valence-corrected chi connectivity index (χ1v) is 5.91. The number of carboxylic acids is 1. The second-order valence-electron chi connectivity index (χ2n) is 4.44. The summed E-state index contributed by atoms with van der Waals surface area (Å²) in [4.78, 5) is 20.5. The first-order chi connectivity index (χ1) is 9.52. The summed E-state index contributed by atoms with van der Waals surface area (Å²) in [6, 6.07) is 8.32. The van der Waals surface area contributed by atoms with Gasteiger partial charge in [0.2, 0.25) is 5.69 Å². The Morgan fingerprint density at radius 2 is 2.05 bits per heavy atom. The number of aromatic carboxylic acids is 1. The Labute approximate surface area is 116 Å². The minimum atomic E-state index is -0.996. The molecule has 0 atom stereocenters. The molecule has 0 aliphatic carbocycles. The summed E-state index contributed by atoms with van der Waals surface area (Å²) < 4.78 is 0. The van der Waals surface area contributed by atoms with E-state index in [-0.39, 0.29) is 5.56 Å². The maximum atomic E-state index is 11.0. The summed E-state index contributed by atoms with van der Waals surface area (Å²) in [6.45, 7) is 7.23. The Hall–Kier alpha value is -2.87. The summed E-state index contributed by atoms with van der Waals surface area (Å²) in [5.41, 5.74) is 2.77. The molecule has 2 aromatic rings. The highest BCUT2D eigenvalue weighted by Crippen LogP contribution is 2.32. The Kier molecular flexibility index (Phi) is 3.67. The summed E-state index contributed by atoms with van der Waals surface area (Å²) in [7, 11) is 3.74. The lowest BCUT2D eigenvalue weighted by atomic mass is 10.1. The Bertz CT molecular complexity index is 703. The Balaban J connectivity index is 2.51. The van der Waals surface area contributed by atoms with Crippen LogP contribution in [0.3, 0.4) is 0 Å². The van der Waals surface area contributed by atoms with Gasteiger partial charge in [-0.2, -0.15) is 0 Å². The van der Waals surface area contributed by atoms with Crippen molar-refractivity contribution in [2.24, 2.45) is 0 Å². The molecule has 0 bridgehead atoms. The van der Waals surface area contributed by atoms with Crippen LogP contribution in [0.4, 0.5) is 11.4 Å². The van der Waals surface area contributed by atoms with E-state index in [9.17, 15) is 4.79 Å². The lowest BCUT2D eigenvalue weighted by molar-refractivity contribution is 0.0697. The zero-order valence-electron chi connectivity index (χ0n) is 11.2. The number of carboxylic acid groups (broad SMARTS) is 1. The van der Waals surface area contributed by atoms with Gasteiger partial charge in [-0.15, -0.1) is 0 Å². The fourth-order valence-electron chi connectivity index (χ4n) is 1.87. The third kappa shape index (κ3) is 2.59. The van der Waals surface area contributed by atoms with Crippen LogP contribution in [-0.2, 0) is 0 Å². The van der Waals surface area contributed by atoms with Gasteiger partial charge in [0, 0.05) is 26.0 Å². The first-order valence-electron chi connectivity index (χ1n) is 5.91. The number of aromatic nitrogens is 1. The molecule has 100 valence electrons. The van der Waals surface area contributed by atoms with Crippen molar-refractivity contribution >= 4 is 17.3 Å². The van der Waals surface area contributed by atoms with E-state index < -0.39 is 5.97 Å². The smallest absolute Gasteiger partial charge is 0.335 e. The molecule has 0 amide bonds. The van der Waals surface area contributed by atoms with E-state index in [0.29, 0.717) is 11.4 Å². The average Bonchev–Trinajstić information content (AvgIpc) is 2.46. The van der Waals surface area contributed by atoms with Crippen LogP contribution in [0.5, 0.6) is 0 Å². The van der Waals surface area contributed by atoms with Crippen molar-refractivity contribution in [3.63, 3.8) is 0 Å². The largest absolute Gasteiger partial charge is 0.478 e.